The van der Waals surface area contributed by atoms with Crippen LogP contribution in [-0.4, -0.2) is 30.4 Å². The summed E-state index contributed by atoms with van der Waals surface area (Å²) in [4.78, 5) is 0. The average molecular weight is 293 g/mol. The molecule has 1 atom stereocenters. The molecule has 4 nitrogen and oxygen atoms in total. The Labute approximate surface area is 109 Å². The van der Waals surface area contributed by atoms with E-state index in [-0.39, 0.29) is 29.6 Å². The van der Waals surface area contributed by atoms with Gasteiger partial charge in [0.15, 0.2) is 0 Å². The molecule has 1 rings (SSSR count). The Balaban J connectivity index is 2.70. The highest BCUT2D eigenvalue weighted by Gasteiger charge is 2.10. The molecule has 1 unspecified atom stereocenters. The minimum Gasteiger partial charge on any atom is -0.326 e. The molecule has 1 aromatic rings. The molecule has 1 aromatic carbocycles. The highest BCUT2D eigenvalue weighted by atomic mass is 32.2. The van der Waals surface area contributed by atoms with E-state index in [1.54, 1.807) is 0 Å². The van der Waals surface area contributed by atoms with Crippen LogP contribution in [0.3, 0.4) is 0 Å². The molecule has 0 aliphatic rings. The SMILES string of the molecule is CS(=O)(=O)CCS(=O)Cc1ccc(F)cc1CN. The minimum absolute atomic E-state index is 0.0836. The minimum atomic E-state index is -3.11. The summed E-state index contributed by atoms with van der Waals surface area (Å²) in [5.41, 5.74) is 6.78. The molecule has 0 aliphatic carbocycles. The van der Waals surface area contributed by atoms with E-state index in [1.807, 2.05) is 0 Å². The zero-order valence-corrected chi connectivity index (χ0v) is 11.7. The summed E-state index contributed by atoms with van der Waals surface area (Å²) in [6.07, 6.45) is 1.10. The first kappa shape index (κ1) is 15.3. The van der Waals surface area contributed by atoms with Gasteiger partial charge in [0.1, 0.15) is 15.7 Å². The topological polar surface area (TPSA) is 77.2 Å². The number of rotatable bonds is 6. The highest BCUT2D eigenvalue weighted by molar-refractivity contribution is 7.92. The number of nitrogens with two attached hydrogens (primary N) is 1. The van der Waals surface area contributed by atoms with Gasteiger partial charge in [0.05, 0.1) is 5.75 Å². The molecule has 0 heterocycles. The van der Waals surface area contributed by atoms with Crippen molar-refractivity contribution in [1.29, 1.82) is 0 Å². The largest absolute Gasteiger partial charge is 0.326 e. The van der Waals surface area contributed by atoms with E-state index < -0.39 is 20.6 Å². The average Bonchev–Trinajstić information content (AvgIpc) is 2.28. The lowest BCUT2D eigenvalue weighted by Crippen LogP contribution is -2.14. The Kier molecular flexibility index (Phi) is 5.43. The van der Waals surface area contributed by atoms with Crippen LogP contribution in [0.15, 0.2) is 18.2 Å². The van der Waals surface area contributed by atoms with Gasteiger partial charge < -0.3 is 5.73 Å². The molecule has 0 bridgehead atoms. The van der Waals surface area contributed by atoms with Crippen LogP contribution in [0, 0.1) is 5.82 Å². The van der Waals surface area contributed by atoms with Gasteiger partial charge in [-0.25, -0.2) is 12.8 Å². The normalized spacial score (nSPS) is 13.5. The van der Waals surface area contributed by atoms with E-state index >= 15 is 0 Å². The third-order valence-corrected chi connectivity index (χ3v) is 4.88. The number of halogens is 1. The molecule has 7 heteroatoms. The summed E-state index contributed by atoms with van der Waals surface area (Å²) < 4.78 is 46.6. The van der Waals surface area contributed by atoms with Crippen LogP contribution in [0.5, 0.6) is 0 Å². The van der Waals surface area contributed by atoms with E-state index in [2.05, 4.69) is 0 Å². The Bertz CT molecular complexity index is 543. The standard InChI is InChI=1S/C11H16FNO3S2/c1-18(15,16)5-4-17(14)8-9-2-3-11(12)6-10(9)7-13/h2-3,6H,4-5,7-8,13H2,1H3. The van der Waals surface area contributed by atoms with Crippen LogP contribution >= 0.6 is 0 Å². The monoisotopic (exact) mass is 293 g/mol. The fourth-order valence-electron chi connectivity index (χ4n) is 1.42. The second-order valence-electron chi connectivity index (χ2n) is 4.04. The van der Waals surface area contributed by atoms with E-state index in [4.69, 9.17) is 5.73 Å². The van der Waals surface area contributed by atoms with Gasteiger partial charge in [0, 0.05) is 35.1 Å². The summed E-state index contributed by atoms with van der Waals surface area (Å²) in [5.74, 6) is -0.220. The number of hydrogen-bond donors (Lipinski definition) is 1. The van der Waals surface area contributed by atoms with Crippen molar-refractivity contribution in [3.8, 4) is 0 Å². The molecule has 18 heavy (non-hydrogen) atoms. The first-order valence-corrected chi connectivity index (χ1v) is 8.87. The van der Waals surface area contributed by atoms with Crippen molar-refractivity contribution in [3.63, 3.8) is 0 Å². The second-order valence-corrected chi connectivity index (χ2v) is 7.87. The van der Waals surface area contributed by atoms with E-state index in [1.165, 1.54) is 18.2 Å². The number of sulfone groups is 1. The molecule has 0 aromatic heterocycles. The Morgan fingerprint density at radius 1 is 1.33 bits per heavy atom. The Morgan fingerprint density at radius 2 is 2.00 bits per heavy atom. The van der Waals surface area contributed by atoms with Crippen LogP contribution in [0.4, 0.5) is 4.39 Å². The Morgan fingerprint density at radius 3 is 2.56 bits per heavy atom. The van der Waals surface area contributed by atoms with Gasteiger partial charge in [0.2, 0.25) is 0 Å². The molecule has 0 spiro atoms. The van der Waals surface area contributed by atoms with Crippen molar-refractivity contribution in [1.82, 2.24) is 0 Å². The fourth-order valence-corrected chi connectivity index (χ4v) is 4.14. The number of benzene rings is 1. The summed E-state index contributed by atoms with van der Waals surface area (Å²) in [6, 6.07) is 4.13. The Hall–Kier alpha value is -0.790. The van der Waals surface area contributed by atoms with Crippen LogP contribution in [-0.2, 0) is 32.9 Å². The molecule has 0 saturated carbocycles. The molecule has 0 amide bonds. The first-order chi connectivity index (χ1) is 8.31. The maximum Gasteiger partial charge on any atom is 0.148 e. The van der Waals surface area contributed by atoms with Crippen molar-refractivity contribution in [3.05, 3.63) is 35.1 Å². The van der Waals surface area contributed by atoms with Crippen LogP contribution < -0.4 is 5.73 Å². The number of hydrogen-bond acceptors (Lipinski definition) is 4. The molecule has 102 valence electrons. The van der Waals surface area contributed by atoms with Gasteiger partial charge in [-0.15, -0.1) is 0 Å². The van der Waals surface area contributed by atoms with Gasteiger partial charge in [-0.3, -0.25) is 4.21 Å². The zero-order valence-electron chi connectivity index (χ0n) is 10.1. The van der Waals surface area contributed by atoms with Crippen molar-refractivity contribution >= 4 is 20.6 Å². The van der Waals surface area contributed by atoms with Gasteiger partial charge in [0.25, 0.3) is 0 Å². The molecule has 2 N–H and O–H groups in total. The summed E-state index contributed by atoms with van der Waals surface area (Å²) >= 11 is 0. The van der Waals surface area contributed by atoms with Crippen molar-refractivity contribution in [2.75, 3.05) is 17.8 Å². The van der Waals surface area contributed by atoms with E-state index in [9.17, 15) is 17.0 Å². The quantitative estimate of drug-likeness (QED) is 0.832. The van der Waals surface area contributed by atoms with Crippen LogP contribution in [0.25, 0.3) is 0 Å². The maximum absolute atomic E-state index is 13.0. The van der Waals surface area contributed by atoms with Gasteiger partial charge in [-0.05, 0) is 23.3 Å². The molecule has 0 radical (unpaired) electrons. The lowest BCUT2D eigenvalue weighted by molar-refractivity contribution is 0.602. The lowest BCUT2D eigenvalue weighted by Gasteiger charge is -2.07. The fraction of sp³-hybridized carbons (Fsp3) is 0.455. The van der Waals surface area contributed by atoms with Gasteiger partial charge >= 0.3 is 0 Å². The molecular weight excluding hydrogens is 277 g/mol. The maximum atomic E-state index is 13.0. The summed E-state index contributed by atoms with van der Waals surface area (Å²) in [7, 11) is -4.40. The zero-order chi connectivity index (χ0) is 13.8. The smallest absolute Gasteiger partial charge is 0.148 e. The van der Waals surface area contributed by atoms with Gasteiger partial charge in [-0.1, -0.05) is 6.07 Å². The molecule has 0 saturated heterocycles. The molecule has 0 fully saturated rings. The van der Waals surface area contributed by atoms with Crippen molar-refractivity contribution in [2.24, 2.45) is 5.73 Å². The second kappa shape index (κ2) is 6.40. The predicted molar refractivity (Wildman–Crippen MR) is 70.7 cm³/mol. The third kappa shape index (κ3) is 5.24. The first-order valence-electron chi connectivity index (χ1n) is 5.32. The predicted octanol–water partition coefficient (Wildman–Crippen LogP) is 0.578. The van der Waals surface area contributed by atoms with Gasteiger partial charge in [-0.2, -0.15) is 0 Å². The summed E-state index contributed by atoms with van der Waals surface area (Å²) in [5, 5.41) is 0. The highest BCUT2D eigenvalue weighted by Crippen LogP contribution is 2.13. The van der Waals surface area contributed by atoms with Crippen molar-refractivity contribution in [2.45, 2.75) is 12.3 Å². The van der Waals surface area contributed by atoms with Crippen LogP contribution in [0.2, 0.25) is 0 Å². The van der Waals surface area contributed by atoms with E-state index in [0.29, 0.717) is 11.1 Å². The van der Waals surface area contributed by atoms with Crippen LogP contribution in [0.1, 0.15) is 11.1 Å². The summed E-state index contributed by atoms with van der Waals surface area (Å²) in [6.45, 7) is 0.163. The third-order valence-electron chi connectivity index (χ3n) is 2.39. The molecule has 0 aliphatic heterocycles. The molecular formula is C11H16FNO3S2. The van der Waals surface area contributed by atoms with E-state index in [0.717, 1.165) is 6.26 Å². The lowest BCUT2D eigenvalue weighted by atomic mass is 10.1. The van der Waals surface area contributed by atoms with Crippen molar-refractivity contribution < 1.29 is 17.0 Å².